The molecule has 11 heteroatoms. The Hall–Kier alpha value is -4.02. The van der Waals surface area contributed by atoms with Gasteiger partial charge in [0.15, 0.2) is 17.4 Å². The molecule has 1 atom stereocenters. The van der Waals surface area contributed by atoms with Crippen molar-refractivity contribution in [3.63, 3.8) is 0 Å². The summed E-state index contributed by atoms with van der Waals surface area (Å²) in [6, 6.07) is 7.89. The van der Waals surface area contributed by atoms with E-state index in [4.69, 9.17) is 9.47 Å². The molecule has 8 nitrogen and oxygen atoms in total. The second kappa shape index (κ2) is 11.9. The molecule has 0 spiro atoms. The maximum Gasteiger partial charge on any atom is 0.410 e. The summed E-state index contributed by atoms with van der Waals surface area (Å²) in [5.74, 6) is -1.26. The molecule has 0 radical (unpaired) electrons. The van der Waals surface area contributed by atoms with E-state index in [1.54, 1.807) is 23.1 Å². The zero-order chi connectivity index (χ0) is 31.1. The fourth-order valence-corrected chi connectivity index (χ4v) is 5.40. The molecule has 2 aliphatic heterocycles. The van der Waals surface area contributed by atoms with Gasteiger partial charge in [0.1, 0.15) is 29.0 Å². The third kappa shape index (κ3) is 6.81. The molecule has 1 unspecified atom stereocenters. The number of hydrogen-bond acceptors (Lipinski definition) is 7. The van der Waals surface area contributed by atoms with Gasteiger partial charge < -0.3 is 24.2 Å². The summed E-state index contributed by atoms with van der Waals surface area (Å²) in [6.07, 6.45) is 0.650. The molecular weight excluding hydrogens is 559 g/mol. The van der Waals surface area contributed by atoms with Crippen molar-refractivity contribution in [2.75, 3.05) is 42.5 Å². The fraction of sp³-hybridized carbons (Fsp3) is 0.469. The molecular formula is C32H38F3N5O3. The molecule has 3 aromatic rings. The van der Waals surface area contributed by atoms with Gasteiger partial charge in [0.05, 0.1) is 24.1 Å². The molecule has 0 saturated carbocycles. The van der Waals surface area contributed by atoms with Crippen molar-refractivity contribution in [3.8, 4) is 17.0 Å². The third-order valence-corrected chi connectivity index (χ3v) is 7.44. The third-order valence-electron chi connectivity index (χ3n) is 7.44. The second-order valence-corrected chi connectivity index (χ2v) is 12.4. The number of hydrogen-bond donors (Lipinski definition) is 0. The first-order valence-corrected chi connectivity index (χ1v) is 14.6. The Labute approximate surface area is 250 Å². The van der Waals surface area contributed by atoms with Gasteiger partial charge in [-0.15, -0.1) is 0 Å². The lowest BCUT2D eigenvalue weighted by molar-refractivity contribution is 0.0240. The Morgan fingerprint density at radius 1 is 1.02 bits per heavy atom. The van der Waals surface area contributed by atoms with Gasteiger partial charge in [-0.2, -0.15) is 0 Å². The second-order valence-electron chi connectivity index (χ2n) is 12.4. The minimum atomic E-state index is -0.684. The summed E-state index contributed by atoms with van der Waals surface area (Å²) < 4.78 is 56.6. The first-order valence-electron chi connectivity index (χ1n) is 14.6. The average molecular weight is 598 g/mol. The Morgan fingerprint density at radius 2 is 1.74 bits per heavy atom. The largest absolute Gasteiger partial charge is 0.484 e. The molecule has 2 aliphatic rings. The lowest BCUT2D eigenvalue weighted by atomic mass is 10.1. The molecule has 3 heterocycles. The summed E-state index contributed by atoms with van der Waals surface area (Å²) in [5.41, 5.74) is 1.25. The van der Waals surface area contributed by atoms with Gasteiger partial charge >= 0.3 is 6.09 Å². The van der Waals surface area contributed by atoms with E-state index in [0.29, 0.717) is 49.7 Å². The maximum absolute atomic E-state index is 15.3. The highest BCUT2D eigenvalue weighted by atomic mass is 19.1. The highest BCUT2D eigenvalue weighted by Gasteiger charge is 2.30. The fourth-order valence-electron chi connectivity index (χ4n) is 5.40. The molecule has 1 fully saturated rings. The van der Waals surface area contributed by atoms with Crippen LogP contribution in [0.4, 0.5) is 29.3 Å². The number of carbonyl (C=O) groups excluding carboxylic acids is 1. The van der Waals surface area contributed by atoms with Gasteiger partial charge in [0.25, 0.3) is 0 Å². The number of rotatable bonds is 5. The lowest BCUT2D eigenvalue weighted by Gasteiger charge is -2.38. The number of carbonyl (C=O) groups is 1. The first-order chi connectivity index (χ1) is 20.3. The summed E-state index contributed by atoms with van der Waals surface area (Å²) in [6.45, 7) is 13.7. The normalized spacial score (nSPS) is 17.2. The van der Waals surface area contributed by atoms with Crippen LogP contribution in [0.1, 0.15) is 52.9 Å². The van der Waals surface area contributed by atoms with Crippen LogP contribution in [0.25, 0.3) is 11.3 Å². The van der Waals surface area contributed by atoms with Crippen LogP contribution in [0.3, 0.4) is 0 Å². The van der Waals surface area contributed by atoms with Gasteiger partial charge in [-0.3, -0.25) is 0 Å². The van der Waals surface area contributed by atoms with Crippen molar-refractivity contribution in [2.45, 2.75) is 65.7 Å². The van der Waals surface area contributed by atoms with Crippen molar-refractivity contribution in [1.82, 2.24) is 14.9 Å². The zero-order valence-electron chi connectivity index (χ0n) is 25.5. The molecule has 0 N–H and O–H groups in total. The van der Waals surface area contributed by atoms with Crippen LogP contribution in [0, 0.1) is 17.5 Å². The lowest BCUT2D eigenvalue weighted by Crippen LogP contribution is -2.50. The molecule has 0 aliphatic carbocycles. The van der Waals surface area contributed by atoms with Crippen LogP contribution in [-0.4, -0.2) is 71.4 Å². The van der Waals surface area contributed by atoms with Gasteiger partial charge in [-0.1, -0.05) is 6.07 Å². The molecule has 0 bridgehead atoms. The molecule has 2 aromatic carbocycles. The zero-order valence-corrected chi connectivity index (χ0v) is 25.5. The number of ether oxygens (including phenoxy) is 2. The van der Waals surface area contributed by atoms with Gasteiger partial charge in [-0.05, 0) is 71.4 Å². The van der Waals surface area contributed by atoms with Crippen molar-refractivity contribution in [3.05, 3.63) is 65.4 Å². The number of nitrogens with zero attached hydrogens (tertiary/aromatic N) is 5. The van der Waals surface area contributed by atoms with Crippen LogP contribution in [-0.2, 0) is 11.2 Å². The topological polar surface area (TPSA) is 71.0 Å². The Morgan fingerprint density at radius 3 is 2.40 bits per heavy atom. The quantitative estimate of drug-likeness (QED) is 0.347. The maximum atomic E-state index is 15.3. The average Bonchev–Trinajstić information content (AvgIpc) is 2.93. The molecule has 230 valence electrons. The standard InChI is InChI=1S/C32H38F3N5O3/c1-19(2)40-18-20(3)42-30-24(34)15-22(16-27(30)40)29-25(35)17-36-28(37-29)14-21-7-8-26(23(33)13-21)38-9-11-39(12-10-38)31(41)43-32(4,5)6/h7-8,13,15-17,19-20H,9-12,14,18H2,1-6H3. The van der Waals surface area contributed by atoms with E-state index in [-0.39, 0.29) is 47.5 Å². The van der Waals surface area contributed by atoms with Crippen molar-refractivity contribution >= 4 is 17.5 Å². The van der Waals surface area contributed by atoms with E-state index < -0.39 is 23.1 Å². The highest BCUT2D eigenvalue weighted by Crippen LogP contribution is 2.40. The monoisotopic (exact) mass is 597 g/mol. The number of aromatic nitrogens is 2. The van der Waals surface area contributed by atoms with Crippen LogP contribution < -0.4 is 14.5 Å². The Bertz CT molecular complexity index is 1500. The molecule has 1 amide bonds. The van der Waals surface area contributed by atoms with E-state index in [9.17, 15) is 9.18 Å². The SMILES string of the molecule is CC1CN(C(C)C)c2cc(-c3nc(Cc4ccc(N5CCN(C(=O)OC(C)(C)C)CC5)c(F)c4)ncc3F)cc(F)c2O1. The molecule has 1 saturated heterocycles. The smallest absolute Gasteiger partial charge is 0.410 e. The predicted octanol–water partition coefficient (Wildman–Crippen LogP) is 6.20. The Balaban J connectivity index is 1.32. The van der Waals surface area contributed by atoms with Gasteiger partial charge in [0, 0.05) is 44.2 Å². The summed E-state index contributed by atoms with van der Waals surface area (Å²) in [7, 11) is 0. The minimum absolute atomic E-state index is 0.0334. The summed E-state index contributed by atoms with van der Waals surface area (Å²) in [5, 5.41) is 0. The minimum Gasteiger partial charge on any atom is -0.484 e. The predicted molar refractivity (Wildman–Crippen MR) is 159 cm³/mol. The summed E-state index contributed by atoms with van der Waals surface area (Å²) in [4.78, 5) is 26.4. The van der Waals surface area contributed by atoms with Crippen molar-refractivity contribution in [2.24, 2.45) is 0 Å². The van der Waals surface area contributed by atoms with Gasteiger partial charge in [0.2, 0.25) is 0 Å². The molecule has 43 heavy (non-hydrogen) atoms. The number of amides is 1. The van der Waals surface area contributed by atoms with Crippen molar-refractivity contribution in [1.29, 1.82) is 0 Å². The van der Waals surface area contributed by atoms with E-state index >= 15 is 8.78 Å². The number of halogens is 3. The van der Waals surface area contributed by atoms with E-state index in [1.165, 1.54) is 12.1 Å². The van der Waals surface area contributed by atoms with E-state index in [0.717, 1.165) is 6.20 Å². The van der Waals surface area contributed by atoms with E-state index in [1.807, 2.05) is 51.3 Å². The number of benzene rings is 2. The van der Waals surface area contributed by atoms with Crippen LogP contribution in [0.15, 0.2) is 36.5 Å². The van der Waals surface area contributed by atoms with Crippen molar-refractivity contribution < 1.29 is 27.4 Å². The number of piperazine rings is 1. The van der Waals surface area contributed by atoms with Crippen LogP contribution in [0.5, 0.6) is 5.75 Å². The number of anilines is 2. The molecule has 1 aromatic heterocycles. The summed E-state index contributed by atoms with van der Waals surface area (Å²) >= 11 is 0. The molecule has 5 rings (SSSR count). The first kappa shape index (κ1) is 30.4. The van der Waals surface area contributed by atoms with E-state index in [2.05, 4.69) is 9.97 Å². The van der Waals surface area contributed by atoms with Gasteiger partial charge in [-0.25, -0.2) is 27.9 Å². The van der Waals surface area contributed by atoms with Crippen LogP contribution >= 0.6 is 0 Å². The number of fused-ring (bicyclic) bond motifs is 1. The van der Waals surface area contributed by atoms with Crippen LogP contribution in [0.2, 0.25) is 0 Å². The highest BCUT2D eigenvalue weighted by molar-refractivity contribution is 5.72. The Kier molecular flexibility index (Phi) is 8.45.